The molecule has 1 aromatic heterocycles. The minimum Gasteiger partial charge on any atom is -0.291 e. The quantitative estimate of drug-likeness (QED) is 0.705. The lowest BCUT2D eigenvalue weighted by Gasteiger charge is -2.36. The van der Waals surface area contributed by atoms with Crippen LogP contribution in [0.2, 0.25) is 0 Å². The smallest absolute Gasteiger partial charge is 0.243 e. The fourth-order valence-electron chi connectivity index (χ4n) is 2.91. The summed E-state index contributed by atoms with van der Waals surface area (Å²) in [7, 11) is -3.42. The zero-order chi connectivity index (χ0) is 20.0. The number of hydrogen-bond acceptors (Lipinski definition) is 5. The second kappa shape index (κ2) is 9.73. The van der Waals surface area contributed by atoms with Crippen LogP contribution in [0, 0.1) is 6.92 Å². The molecule has 2 heterocycles. The molecule has 1 aliphatic heterocycles. The first kappa shape index (κ1) is 21.9. The van der Waals surface area contributed by atoms with E-state index in [-0.39, 0.29) is 6.04 Å². The number of hydrogen-bond donors (Lipinski definition) is 0. The minimum absolute atomic E-state index is 0.0494. The maximum Gasteiger partial charge on any atom is 0.243 e. The number of benzene rings is 1. The van der Waals surface area contributed by atoms with Crippen LogP contribution in [-0.4, -0.2) is 53.8 Å². The van der Waals surface area contributed by atoms with E-state index in [1.165, 1.54) is 0 Å². The Hall–Kier alpha value is -1.35. The second-order valence-corrected chi connectivity index (χ2v) is 8.88. The van der Waals surface area contributed by atoms with Gasteiger partial charge in [-0.05, 0) is 41.9 Å². The number of halogens is 1. The molecule has 1 atom stereocenters. The van der Waals surface area contributed by atoms with E-state index >= 15 is 0 Å². The third-order valence-corrected chi connectivity index (χ3v) is 7.21. The highest BCUT2D eigenvalue weighted by Gasteiger charge is 2.30. The highest BCUT2D eigenvalue weighted by Crippen LogP contribution is 2.23. The first-order valence-corrected chi connectivity index (χ1v) is 11.4. The van der Waals surface area contributed by atoms with Crippen molar-refractivity contribution in [3.63, 3.8) is 0 Å². The summed E-state index contributed by atoms with van der Waals surface area (Å²) in [5.74, 6) is 0.764. The fraction of sp³-hybridized carbons (Fsp3) is 0.474. The zero-order valence-electron chi connectivity index (χ0n) is 16.3. The molecular formula is C19H27BrN4O2S. The van der Waals surface area contributed by atoms with E-state index in [1.807, 2.05) is 26.8 Å². The molecule has 3 rings (SSSR count). The van der Waals surface area contributed by atoms with E-state index in [4.69, 9.17) is 0 Å². The monoisotopic (exact) mass is 454 g/mol. The average Bonchev–Trinajstić information content (AvgIpc) is 2.72. The molecule has 0 saturated carbocycles. The maximum atomic E-state index is 12.7. The molecule has 1 saturated heterocycles. The standard InChI is InChI=1S/C17H21BrN4O2S.C2H6/c1-13-16(18)12-19-17(20-13)14(2)21-8-10-22(11-9-21)25(23,24)15-6-4-3-5-7-15;1-2/h3-7,12,14H,8-11H2,1-2H3;1-2H3. The van der Waals surface area contributed by atoms with Gasteiger partial charge >= 0.3 is 0 Å². The van der Waals surface area contributed by atoms with Crippen LogP contribution in [0.25, 0.3) is 0 Å². The summed E-state index contributed by atoms with van der Waals surface area (Å²) in [4.78, 5) is 11.5. The Kier molecular flexibility index (Phi) is 7.91. The van der Waals surface area contributed by atoms with Crippen LogP contribution in [0.15, 0.2) is 45.9 Å². The molecule has 8 heteroatoms. The third kappa shape index (κ3) is 5.13. The summed E-state index contributed by atoms with van der Waals surface area (Å²) < 4.78 is 27.8. The van der Waals surface area contributed by atoms with Crippen LogP contribution >= 0.6 is 15.9 Å². The van der Waals surface area contributed by atoms with Gasteiger partial charge in [0.1, 0.15) is 5.82 Å². The lowest BCUT2D eigenvalue weighted by molar-refractivity contribution is 0.141. The topological polar surface area (TPSA) is 66.4 Å². The van der Waals surface area contributed by atoms with Gasteiger partial charge in [0.2, 0.25) is 10.0 Å². The number of nitrogens with zero attached hydrogens (tertiary/aromatic N) is 4. The molecule has 1 fully saturated rings. The SMILES string of the molecule is CC.Cc1nc(C(C)N2CCN(S(=O)(=O)c3ccccc3)CC2)ncc1Br. The first-order valence-electron chi connectivity index (χ1n) is 9.18. The van der Waals surface area contributed by atoms with Crippen molar-refractivity contribution in [1.82, 2.24) is 19.2 Å². The average molecular weight is 455 g/mol. The van der Waals surface area contributed by atoms with E-state index in [9.17, 15) is 8.42 Å². The van der Waals surface area contributed by atoms with Gasteiger partial charge in [-0.25, -0.2) is 18.4 Å². The van der Waals surface area contributed by atoms with Crippen molar-refractivity contribution >= 4 is 26.0 Å². The Morgan fingerprint density at radius 3 is 2.22 bits per heavy atom. The molecule has 0 bridgehead atoms. The predicted octanol–water partition coefficient (Wildman–Crippen LogP) is 3.64. The van der Waals surface area contributed by atoms with Gasteiger partial charge in [0, 0.05) is 32.4 Å². The number of rotatable bonds is 4. The number of aryl methyl sites for hydroxylation is 1. The second-order valence-electron chi connectivity index (χ2n) is 6.09. The van der Waals surface area contributed by atoms with Crippen LogP contribution < -0.4 is 0 Å². The Bertz CT molecular complexity index is 838. The van der Waals surface area contributed by atoms with E-state index in [1.54, 1.807) is 34.8 Å². The molecule has 0 N–H and O–H groups in total. The van der Waals surface area contributed by atoms with Gasteiger partial charge in [-0.3, -0.25) is 4.90 Å². The molecule has 2 aromatic rings. The lowest BCUT2D eigenvalue weighted by Crippen LogP contribution is -2.49. The largest absolute Gasteiger partial charge is 0.291 e. The van der Waals surface area contributed by atoms with Gasteiger partial charge in [-0.1, -0.05) is 32.0 Å². The summed E-state index contributed by atoms with van der Waals surface area (Å²) in [5, 5.41) is 0. The summed E-state index contributed by atoms with van der Waals surface area (Å²) in [6.07, 6.45) is 1.77. The fourth-order valence-corrected chi connectivity index (χ4v) is 4.54. The van der Waals surface area contributed by atoms with E-state index in [0.717, 1.165) is 16.0 Å². The molecule has 1 unspecified atom stereocenters. The third-order valence-electron chi connectivity index (χ3n) is 4.51. The Morgan fingerprint density at radius 2 is 1.67 bits per heavy atom. The van der Waals surface area contributed by atoms with E-state index in [2.05, 4.69) is 37.7 Å². The van der Waals surface area contributed by atoms with Crippen molar-refractivity contribution in [2.75, 3.05) is 26.2 Å². The summed E-state index contributed by atoms with van der Waals surface area (Å²) in [5.41, 5.74) is 0.905. The van der Waals surface area contributed by atoms with Crippen molar-refractivity contribution in [2.45, 2.75) is 38.6 Å². The van der Waals surface area contributed by atoms with Crippen molar-refractivity contribution in [1.29, 1.82) is 0 Å². The maximum absolute atomic E-state index is 12.7. The summed E-state index contributed by atoms with van der Waals surface area (Å²) in [6.45, 7) is 10.3. The summed E-state index contributed by atoms with van der Waals surface area (Å²) in [6, 6.07) is 8.65. The van der Waals surface area contributed by atoms with E-state index < -0.39 is 10.0 Å². The molecule has 6 nitrogen and oxygen atoms in total. The van der Waals surface area contributed by atoms with Gasteiger partial charge < -0.3 is 0 Å². The van der Waals surface area contributed by atoms with E-state index in [0.29, 0.717) is 31.1 Å². The van der Waals surface area contributed by atoms with Crippen LogP contribution in [0.1, 0.15) is 38.3 Å². The van der Waals surface area contributed by atoms with Crippen molar-refractivity contribution in [2.24, 2.45) is 0 Å². The molecular weight excluding hydrogens is 428 g/mol. The van der Waals surface area contributed by atoms with Crippen molar-refractivity contribution in [3.8, 4) is 0 Å². The van der Waals surface area contributed by atoms with Gasteiger partial charge in [-0.2, -0.15) is 4.31 Å². The van der Waals surface area contributed by atoms with Gasteiger partial charge in [0.15, 0.2) is 0 Å². The number of sulfonamides is 1. The predicted molar refractivity (Wildman–Crippen MR) is 111 cm³/mol. The van der Waals surface area contributed by atoms with Gasteiger partial charge in [0.25, 0.3) is 0 Å². The van der Waals surface area contributed by atoms with Gasteiger partial charge in [-0.15, -0.1) is 0 Å². The van der Waals surface area contributed by atoms with Crippen LogP contribution in [-0.2, 0) is 10.0 Å². The lowest BCUT2D eigenvalue weighted by atomic mass is 10.2. The van der Waals surface area contributed by atoms with Crippen LogP contribution in [0.4, 0.5) is 0 Å². The molecule has 0 aliphatic carbocycles. The zero-order valence-corrected chi connectivity index (χ0v) is 18.7. The minimum atomic E-state index is -3.42. The number of aromatic nitrogens is 2. The number of piperazine rings is 1. The Labute approximate surface area is 170 Å². The van der Waals surface area contributed by atoms with Crippen LogP contribution in [0.5, 0.6) is 0 Å². The molecule has 0 amide bonds. The molecule has 1 aliphatic rings. The molecule has 0 spiro atoms. The van der Waals surface area contributed by atoms with Crippen molar-refractivity contribution < 1.29 is 8.42 Å². The Morgan fingerprint density at radius 1 is 1.07 bits per heavy atom. The highest BCUT2D eigenvalue weighted by molar-refractivity contribution is 9.10. The highest BCUT2D eigenvalue weighted by atomic mass is 79.9. The van der Waals surface area contributed by atoms with Gasteiger partial charge in [0.05, 0.1) is 21.1 Å². The summed E-state index contributed by atoms with van der Waals surface area (Å²) >= 11 is 3.41. The van der Waals surface area contributed by atoms with Crippen molar-refractivity contribution in [3.05, 3.63) is 52.5 Å². The molecule has 0 radical (unpaired) electrons. The molecule has 1 aromatic carbocycles. The normalized spacial score (nSPS) is 17.1. The molecule has 27 heavy (non-hydrogen) atoms. The van der Waals surface area contributed by atoms with Crippen LogP contribution in [0.3, 0.4) is 0 Å². The first-order chi connectivity index (χ1) is 12.9. The molecule has 148 valence electrons. The Balaban J connectivity index is 0.00000126.